The monoisotopic (exact) mass is 534 g/mol. The zero-order valence-corrected chi connectivity index (χ0v) is 24.5. The molecule has 0 aliphatic carbocycles. The minimum absolute atomic E-state index is 0.264. The average Bonchev–Trinajstić information content (AvgIpc) is 2.86. The SMILES string of the molecule is CCCC(CCC=CCCCCCCCl)OCOCOC(CCC)CCC=CCCCCCCCl. The number of allylic oxidation sites excluding steroid dienone is 4. The minimum Gasteiger partial charge on any atom is -0.352 e. The minimum atomic E-state index is 0.264. The van der Waals surface area contributed by atoms with Gasteiger partial charge in [0.05, 0.1) is 12.2 Å². The second kappa shape index (κ2) is 30.2. The molecule has 0 rings (SSSR count). The summed E-state index contributed by atoms with van der Waals surface area (Å²) in [7, 11) is 0. The van der Waals surface area contributed by atoms with E-state index < -0.39 is 0 Å². The van der Waals surface area contributed by atoms with Crippen LogP contribution < -0.4 is 0 Å². The van der Waals surface area contributed by atoms with Gasteiger partial charge in [-0.15, -0.1) is 23.2 Å². The van der Waals surface area contributed by atoms with Gasteiger partial charge in [0.15, 0.2) is 0 Å². The van der Waals surface area contributed by atoms with E-state index in [1.165, 1.54) is 51.4 Å². The molecule has 35 heavy (non-hydrogen) atoms. The predicted octanol–water partition coefficient (Wildman–Crippen LogP) is 10.3. The number of unbranched alkanes of at least 4 members (excludes halogenated alkanes) is 8. The molecule has 0 radical (unpaired) electrons. The third kappa shape index (κ3) is 26.8. The van der Waals surface area contributed by atoms with E-state index in [2.05, 4.69) is 38.2 Å². The highest BCUT2D eigenvalue weighted by Gasteiger charge is 2.09. The molecule has 5 heteroatoms. The van der Waals surface area contributed by atoms with E-state index in [0.717, 1.165) is 76.0 Å². The first-order valence-corrected chi connectivity index (χ1v) is 15.6. The summed E-state index contributed by atoms with van der Waals surface area (Å²) in [6.07, 6.45) is 30.7. The predicted molar refractivity (Wildman–Crippen MR) is 155 cm³/mol. The molecule has 0 amide bonds. The quantitative estimate of drug-likeness (QED) is 0.0432. The van der Waals surface area contributed by atoms with Crippen LogP contribution in [0.15, 0.2) is 24.3 Å². The van der Waals surface area contributed by atoms with Crippen LogP contribution in [0.1, 0.15) is 129 Å². The first-order valence-electron chi connectivity index (χ1n) is 14.5. The molecule has 0 spiro atoms. The van der Waals surface area contributed by atoms with Crippen molar-refractivity contribution in [1.29, 1.82) is 0 Å². The van der Waals surface area contributed by atoms with Crippen LogP contribution in [0.2, 0.25) is 0 Å². The van der Waals surface area contributed by atoms with Crippen LogP contribution in [0, 0.1) is 0 Å². The first kappa shape index (κ1) is 34.9. The first-order chi connectivity index (χ1) is 17.3. The molecule has 0 heterocycles. The fourth-order valence-electron chi connectivity index (χ4n) is 4.04. The summed E-state index contributed by atoms with van der Waals surface area (Å²) in [4.78, 5) is 0. The third-order valence-electron chi connectivity index (χ3n) is 6.15. The molecule has 0 aromatic rings. The number of alkyl halides is 2. The van der Waals surface area contributed by atoms with Gasteiger partial charge in [0.25, 0.3) is 0 Å². The van der Waals surface area contributed by atoms with Crippen molar-refractivity contribution >= 4 is 23.2 Å². The molecule has 0 saturated carbocycles. The van der Waals surface area contributed by atoms with Crippen molar-refractivity contribution in [3.8, 4) is 0 Å². The van der Waals surface area contributed by atoms with Crippen molar-refractivity contribution in [2.75, 3.05) is 25.3 Å². The molecular weight excluding hydrogens is 479 g/mol. The molecule has 0 aromatic heterocycles. The van der Waals surface area contributed by atoms with E-state index in [-0.39, 0.29) is 12.2 Å². The molecule has 3 nitrogen and oxygen atoms in total. The van der Waals surface area contributed by atoms with Crippen molar-refractivity contribution in [2.45, 2.75) is 142 Å². The Bertz CT molecular complexity index is 417. The van der Waals surface area contributed by atoms with Crippen molar-refractivity contribution in [2.24, 2.45) is 0 Å². The Labute approximate surface area is 228 Å². The highest BCUT2D eigenvalue weighted by atomic mass is 35.5. The van der Waals surface area contributed by atoms with Gasteiger partial charge in [-0.05, 0) is 77.0 Å². The summed E-state index contributed by atoms with van der Waals surface area (Å²) < 4.78 is 17.7. The van der Waals surface area contributed by atoms with Gasteiger partial charge in [0, 0.05) is 11.8 Å². The molecular formula is C30H56Cl2O3. The summed E-state index contributed by atoms with van der Waals surface area (Å²) in [6, 6.07) is 0. The number of ether oxygens (including phenoxy) is 3. The van der Waals surface area contributed by atoms with Crippen LogP contribution in [0.5, 0.6) is 0 Å². The summed E-state index contributed by atoms with van der Waals surface area (Å²) in [6.45, 7) is 5.06. The Hall–Kier alpha value is -0.0600. The lowest BCUT2D eigenvalue weighted by molar-refractivity contribution is -0.167. The van der Waals surface area contributed by atoms with Crippen LogP contribution in [0.4, 0.5) is 0 Å². The highest BCUT2D eigenvalue weighted by Crippen LogP contribution is 2.13. The normalized spacial score (nSPS) is 13.8. The lowest BCUT2D eigenvalue weighted by Crippen LogP contribution is -2.18. The van der Waals surface area contributed by atoms with Crippen molar-refractivity contribution < 1.29 is 14.2 Å². The maximum atomic E-state index is 5.99. The van der Waals surface area contributed by atoms with Gasteiger partial charge in [-0.25, -0.2) is 0 Å². The maximum Gasteiger partial charge on any atom is 0.149 e. The Balaban J connectivity index is 3.87. The van der Waals surface area contributed by atoms with Gasteiger partial charge in [-0.2, -0.15) is 0 Å². The van der Waals surface area contributed by atoms with Gasteiger partial charge in [0.1, 0.15) is 13.6 Å². The number of hydrogen-bond donors (Lipinski definition) is 0. The van der Waals surface area contributed by atoms with Crippen molar-refractivity contribution in [3.63, 3.8) is 0 Å². The number of hydrogen-bond acceptors (Lipinski definition) is 3. The lowest BCUT2D eigenvalue weighted by Gasteiger charge is -2.19. The molecule has 0 aliphatic rings. The maximum absolute atomic E-state index is 5.99. The Morgan fingerprint density at radius 3 is 1.31 bits per heavy atom. The fourth-order valence-corrected chi connectivity index (χ4v) is 4.42. The van der Waals surface area contributed by atoms with E-state index in [4.69, 9.17) is 37.4 Å². The summed E-state index contributed by atoms with van der Waals surface area (Å²) in [5.41, 5.74) is 0. The summed E-state index contributed by atoms with van der Waals surface area (Å²) in [5, 5.41) is 0. The summed E-state index contributed by atoms with van der Waals surface area (Å²) in [5.74, 6) is 1.58. The topological polar surface area (TPSA) is 27.7 Å². The second-order valence-corrected chi connectivity index (χ2v) is 10.2. The van der Waals surface area contributed by atoms with Gasteiger partial charge in [0.2, 0.25) is 0 Å². The zero-order chi connectivity index (χ0) is 25.7. The molecule has 0 aliphatic heterocycles. The fraction of sp³-hybridized carbons (Fsp3) is 0.867. The van der Waals surface area contributed by atoms with E-state index >= 15 is 0 Å². The van der Waals surface area contributed by atoms with Gasteiger partial charge >= 0.3 is 0 Å². The average molecular weight is 536 g/mol. The smallest absolute Gasteiger partial charge is 0.149 e. The molecule has 0 aromatic carbocycles. The highest BCUT2D eigenvalue weighted by molar-refractivity contribution is 6.18. The largest absolute Gasteiger partial charge is 0.352 e. The van der Waals surface area contributed by atoms with Crippen LogP contribution in [0.3, 0.4) is 0 Å². The van der Waals surface area contributed by atoms with E-state index in [0.29, 0.717) is 13.6 Å². The summed E-state index contributed by atoms with van der Waals surface area (Å²) >= 11 is 11.4. The zero-order valence-electron chi connectivity index (χ0n) is 23.0. The number of rotatable bonds is 28. The van der Waals surface area contributed by atoms with E-state index in [9.17, 15) is 0 Å². The molecule has 0 bridgehead atoms. The van der Waals surface area contributed by atoms with E-state index in [1.807, 2.05) is 0 Å². The van der Waals surface area contributed by atoms with Crippen molar-refractivity contribution in [3.05, 3.63) is 24.3 Å². The Morgan fingerprint density at radius 1 is 0.514 bits per heavy atom. The third-order valence-corrected chi connectivity index (χ3v) is 6.68. The van der Waals surface area contributed by atoms with Gasteiger partial charge in [-0.1, -0.05) is 76.7 Å². The van der Waals surface area contributed by atoms with Crippen LogP contribution in [-0.4, -0.2) is 37.6 Å². The van der Waals surface area contributed by atoms with Crippen LogP contribution >= 0.6 is 23.2 Å². The second-order valence-electron chi connectivity index (χ2n) is 9.48. The molecule has 208 valence electrons. The Morgan fingerprint density at radius 2 is 0.914 bits per heavy atom. The van der Waals surface area contributed by atoms with Gasteiger partial charge in [-0.3, -0.25) is 0 Å². The van der Waals surface area contributed by atoms with Gasteiger partial charge < -0.3 is 14.2 Å². The molecule has 0 fully saturated rings. The van der Waals surface area contributed by atoms with Crippen LogP contribution in [0.25, 0.3) is 0 Å². The van der Waals surface area contributed by atoms with E-state index in [1.54, 1.807) is 0 Å². The molecule has 2 unspecified atom stereocenters. The van der Waals surface area contributed by atoms with Crippen molar-refractivity contribution in [1.82, 2.24) is 0 Å². The standard InChI is InChI=1S/C30H56Cl2O3/c1-3-21-29(23-17-13-9-5-7-11-15-19-25-31)34-27-33-28-35-30(22-4-2)24-18-14-10-6-8-12-16-20-26-32/h9-10,13-14,29-30H,3-8,11-12,15-28H2,1-2H3. The molecule has 0 N–H and O–H groups in total. The Kier molecular flexibility index (Phi) is 30.1. The van der Waals surface area contributed by atoms with Crippen LogP contribution in [-0.2, 0) is 14.2 Å². The molecule has 2 atom stereocenters. The molecule has 0 saturated heterocycles. The lowest BCUT2D eigenvalue weighted by atomic mass is 10.1. The number of halogens is 2.